The van der Waals surface area contributed by atoms with Crippen molar-refractivity contribution in [3.63, 3.8) is 0 Å². The maximum Gasteiger partial charge on any atom is 0.311 e. The third-order valence-corrected chi connectivity index (χ3v) is 3.11. The molecule has 1 unspecified atom stereocenters. The van der Waals surface area contributed by atoms with Gasteiger partial charge in [-0.25, -0.2) is 0 Å². The smallest absolute Gasteiger partial charge is 0.311 e. The summed E-state index contributed by atoms with van der Waals surface area (Å²) < 4.78 is 4.99. The highest BCUT2D eigenvalue weighted by Crippen LogP contribution is 2.32. The van der Waals surface area contributed by atoms with Crippen molar-refractivity contribution in [2.24, 2.45) is 0 Å². The Morgan fingerprint density at radius 2 is 2.29 bits per heavy atom. The molecule has 5 nitrogen and oxygen atoms in total. The van der Waals surface area contributed by atoms with Crippen LogP contribution in [0, 0.1) is 10.1 Å². The lowest BCUT2D eigenvalue weighted by atomic mass is 9.97. The summed E-state index contributed by atoms with van der Waals surface area (Å²) in [5.74, 6) is 0.314. The van der Waals surface area contributed by atoms with E-state index in [0.717, 1.165) is 24.9 Å². The largest absolute Gasteiger partial charge is 0.490 e. The molecule has 1 atom stereocenters. The number of rotatable bonds is 3. The summed E-state index contributed by atoms with van der Waals surface area (Å²) in [6, 6.07) is 5.41. The number of benzene rings is 1. The van der Waals surface area contributed by atoms with Gasteiger partial charge in [0.15, 0.2) is 5.75 Å². The molecule has 1 aromatic carbocycles. The van der Waals surface area contributed by atoms with Crippen molar-refractivity contribution in [3.05, 3.63) is 33.9 Å². The van der Waals surface area contributed by atoms with Crippen LogP contribution in [0.15, 0.2) is 18.2 Å². The molecule has 1 saturated heterocycles. The van der Waals surface area contributed by atoms with E-state index >= 15 is 0 Å². The monoisotopic (exact) mass is 236 g/mol. The Balaban J connectivity index is 2.29. The van der Waals surface area contributed by atoms with Gasteiger partial charge in [0, 0.05) is 12.1 Å². The summed E-state index contributed by atoms with van der Waals surface area (Å²) in [5.41, 5.74) is 1.01. The Morgan fingerprint density at radius 1 is 1.47 bits per heavy atom. The van der Waals surface area contributed by atoms with E-state index in [1.807, 2.05) is 6.07 Å². The van der Waals surface area contributed by atoms with Crippen LogP contribution >= 0.6 is 0 Å². The van der Waals surface area contributed by atoms with E-state index < -0.39 is 4.92 Å². The molecule has 0 bridgehead atoms. The molecule has 0 spiro atoms. The molecule has 5 heteroatoms. The molecule has 0 radical (unpaired) electrons. The van der Waals surface area contributed by atoms with Crippen LogP contribution in [-0.4, -0.2) is 18.6 Å². The van der Waals surface area contributed by atoms with Crippen LogP contribution in [0.2, 0.25) is 0 Å². The fourth-order valence-electron chi connectivity index (χ4n) is 2.20. The molecule has 1 aromatic rings. The number of nitrogens with zero attached hydrogens (tertiary/aromatic N) is 1. The highest BCUT2D eigenvalue weighted by atomic mass is 16.6. The quantitative estimate of drug-likeness (QED) is 0.646. The van der Waals surface area contributed by atoms with E-state index in [2.05, 4.69) is 5.32 Å². The van der Waals surface area contributed by atoms with Crippen molar-refractivity contribution >= 4 is 5.69 Å². The zero-order chi connectivity index (χ0) is 12.3. The molecule has 0 saturated carbocycles. The first-order chi connectivity index (χ1) is 8.22. The standard InChI is InChI=1S/C12H16N2O3/c1-17-12-6-5-9(8-11(12)14(15)16)10-4-2-3-7-13-10/h5-6,8,10,13H,2-4,7H2,1H3. The van der Waals surface area contributed by atoms with E-state index in [4.69, 9.17) is 4.74 Å². The van der Waals surface area contributed by atoms with Gasteiger partial charge in [0.25, 0.3) is 0 Å². The maximum absolute atomic E-state index is 10.9. The van der Waals surface area contributed by atoms with Crippen LogP contribution in [-0.2, 0) is 0 Å². The van der Waals surface area contributed by atoms with Crippen LogP contribution in [0.5, 0.6) is 5.75 Å². The first kappa shape index (κ1) is 11.9. The molecule has 17 heavy (non-hydrogen) atoms. The topological polar surface area (TPSA) is 64.4 Å². The number of methoxy groups -OCH3 is 1. The van der Waals surface area contributed by atoms with E-state index in [9.17, 15) is 10.1 Å². The van der Waals surface area contributed by atoms with Gasteiger partial charge in [-0.15, -0.1) is 0 Å². The molecule has 92 valence electrons. The first-order valence-electron chi connectivity index (χ1n) is 5.78. The molecule has 1 fully saturated rings. The predicted octanol–water partition coefficient (Wildman–Crippen LogP) is 2.42. The lowest BCUT2D eigenvalue weighted by Crippen LogP contribution is -2.26. The maximum atomic E-state index is 10.9. The van der Waals surface area contributed by atoms with Crippen molar-refractivity contribution in [2.45, 2.75) is 25.3 Å². The molecular weight excluding hydrogens is 220 g/mol. The van der Waals surface area contributed by atoms with Gasteiger partial charge in [-0.3, -0.25) is 10.1 Å². The average Bonchev–Trinajstić information content (AvgIpc) is 2.39. The second-order valence-electron chi connectivity index (χ2n) is 4.19. The minimum atomic E-state index is -0.398. The average molecular weight is 236 g/mol. The predicted molar refractivity (Wildman–Crippen MR) is 64.2 cm³/mol. The zero-order valence-electron chi connectivity index (χ0n) is 9.81. The summed E-state index contributed by atoms with van der Waals surface area (Å²) in [6.45, 7) is 0.977. The number of hydrogen-bond acceptors (Lipinski definition) is 4. The molecule has 1 N–H and O–H groups in total. The molecule has 0 aliphatic carbocycles. The Kier molecular flexibility index (Phi) is 3.58. The van der Waals surface area contributed by atoms with Crippen LogP contribution in [0.25, 0.3) is 0 Å². The normalized spacial score (nSPS) is 19.9. The fourth-order valence-corrected chi connectivity index (χ4v) is 2.20. The van der Waals surface area contributed by atoms with Crippen LogP contribution in [0.3, 0.4) is 0 Å². The summed E-state index contributed by atoms with van der Waals surface area (Å²) in [4.78, 5) is 10.5. The minimum Gasteiger partial charge on any atom is -0.490 e. The summed E-state index contributed by atoms with van der Waals surface area (Å²) in [6.07, 6.45) is 3.37. The Bertz CT molecular complexity index is 414. The number of hydrogen-bond donors (Lipinski definition) is 1. The SMILES string of the molecule is COc1ccc(C2CCCCN2)cc1[N+](=O)[O-]. The van der Waals surface area contributed by atoms with Gasteiger partial charge in [-0.2, -0.15) is 0 Å². The zero-order valence-corrected chi connectivity index (χ0v) is 9.81. The van der Waals surface area contributed by atoms with Gasteiger partial charge in [-0.1, -0.05) is 12.5 Å². The second-order valence-corrected chi connectivity index (χ2v) is 4.19. The van der Waals surface area contributed by atoms with E-state index in [0.29, 0.717) is 5.75 Å². The lowest BCUT2D eigenvalue weighted by molar-refractivity contribution is -0.385. The van der Waals surface area contributed by atoms with Crippen molar-refractivity contribution in [1.82, 2.24) is 5.32 Å². The van der Waals surface area contributed by atoms with Crippen LogP contribution in [0.4, 0.5) is 5.69 Å². The van der Waals surface area contributed by atoms with Gasteiger partial charge >= 0.3 is 5.69 Å². The van der Waals surface area contributed by atoms with Crippen molar-refractivity contribution in [1.29, 1.82) is 0 Å². The molecule has 0 aromatic heterocycles. The highest BCUT2D eigenvalue weighted by molar-refractivity contribution is 5.49. The minimum absolute atomic E-state index is 0.0392. The number of piperidine rings is 1. The van der Waals surface area contributed by atoms with E-state index in [-0.39, 0.29) is 11.7 Å². The molecule has 1 aliphatic heterocycles. The Labute approximate surface area is 99.9 Å². The van der Waals surface area contributed by atoms with Gasteiger partial charge in [0.1, 0.15) is 0 Å². The Hall–Kier alpha value is -1.62. The molecule has 2 rings (SSSR count). The number of nitro groups is 1. The third-order valence-electron chi connectivity index (χ3n) is 3.11. The third kappa shape index (κ3) is 2.55. The van der Waals surface area contributed by atoms with Gasteiger partial charge in [0.2, 0.25) is 0 Å². The first-order valence-corrected chi connectivity index (χ1v) is 5.78. The van der Waals surface area contributed by atoms with E-state index in [1.54, 1.807) is 12.1 Å². The van der Waals surface area contributed by atoms with Gasteiger partial charge in [-0.05, 0) is 31.0 Å². The van der Waals surface area contributed by atoms with E-state index in [1.165, 1.54) is 13.5 Å². The summed E-state index contributed by atoms with van der Waals surface area (Å²) in [5, 5.41) is 14.3. The molecule has 0 amide bonds. The van der Waals surface area contributed by atoms with Gasteiger partial charge in [0.05, 0.1) is 12.0 Å². The Morgan fingerprint density at radius 3 is 2.88 bits per heavy atom. The number of nitrogens with one attached hydrogen (secondary N) is 1. The molecule has 1 aliphatic rings. The second kappa shape index (κ2) is 5.14. The van der Waals surface area contributed by atoms with Crippen LogP contribution in [0.1, 0.15) is 30.9 Å². The van der Waals surface area contributed by atoms with Crippen molar-refractivity contribution in [3.8, 4) is 5.75 Å². The summed E-state index contributed by atoms with van der Waals surface area (Å²) in [7, 11) is 1.45. The fraction of sp³-hybridized carbons (Fsp3) is 0.500. The highest BCUT2D eigenvalue weighted by Gasteiger charge is 2.20. The van der Waals surface area contributed by atoms with Gasteiger partial charge < -0.3 is 10.1 Å². The lowest BCUT2D eigenvalue weighted by Gasteiger charge is -2.23. The van der Waals surface area contributed by atoms with Crippen molar-refractivity contribution < 1.29 is 9.66 Å². The van der Waals surface area contributed by atoms with Crippen molar-refractivity contribution in [2.75, 3.05) is 13.7 Å². The molecule has 1 heterocycles. The molecular formula is C12H16N2O3. The number of ether oxygens (including phenoxy) is 1. The summed E-state index contributed by atoms with van der Waals surface area (Å²) >= 11 is 0. The van der Waals surface area contributed by atoms with Crippen LogP contribution < -0.4 is 10.1 Å². The number of nitro benzene ring substituents is 1.